The molecule has 0 N–H and O–H groups in total. The van der Waals surface area contributed by atoms with Gasteiger partial charge in [0.15, 0.2) is 0 Å². The SMILES string of the molecule is CC1(C)c2ccccc2-c2ccc(N(c3ccc(C45CC6CC(CC(C6)C4)C5)cc3)c3cc4ccc3CCc3ccc(c(N(c5ccccc5)c5ccc(C6CC7CCC6C7)cc5)c3)CC4)cc21. The number of hydrogen-bond donors (Lipinski definition) is 0. The van der Waals surface area contributed by atoms with Crippen LogP contribution in [0.4, 0.5) is 34.1 Å². The third-order valence-electron chi connectivity index (χ3n) is 19.1. The van der Waals surface area contributed by atoms with Crippen LogP contribution in [0.5, 0.6) is 0 Å². The highest BCUT2D eigenvalue weighted by molar-refractivity contribution is 5.86. The predicted octanol–water partition coefficient (Wildman–Crippen LogP) is 17.2. The highest BCUT2D eigenvalue weighted by atomic mass is 15.2. The number of rotatable bonds is 8. The zero-order valence-electron chi connectivity index (χ0n) is 40.3. The van der Waals surface area contributed by atoms with Gasteiger partial charge in [0.25, 0.3) is 0 Å². The monoisotopic (exact) mass is 887 g/mol. The van der Waals surface area contributed by atoms with Crippen molar-refractivity contribution in [3.05, 3.63) is 202 Å². The van der Waals surface area contributed by atoms with Gasteiger partial charge in [0.1, 0.15) is 0 Å². The van der Waals surface area contributed by atoms with E-state index >= 15 is 0 Å². The average molecular weight is 887 g/mol. The summed E-state index contributed by atoms with van der Waals surface area (Å²) in [4.78, 5) is 5.18. The van der Waals surface area contributed by atoms with Gasteiger partial charge in [-0.3, -0.25) is 0 Å². The zero-order chi connectivity index (χ0) is 45.1. The molecule has 11 aliphatic carbocycles. The molecule has 0 saturated heterocycles. The summed E-state index contributed by atoms with van der Waals surface area (Å²) in [6.45, 7) is 4.84. The summed E-state index contributed by atoms with van der Waals surface area (Å²) >= 11 is 0. The lowest BCUT2D eigenvalue weighted by Gasteiger charge is -2.57. The molecule has 0 aromatic heterocycles. The molecular weight excluding hydrogens is 821 g/mol. The van der Waals surface area contributed by atoms with Crippen molar-refractivity contribution in [1.82, 2.24) is 0 Å². The third-order valence-corrected chi connectivity index (χ3v) is 19.1. The van der Waals surface area contributed by atoms with Gasteiger partial charge in [-0.15, -0.1) is 0 Å². The first kappa shape index (κ1) is 41.1. The molecule has 340 valence electrons. The lowest BCUT2D eigenvalue weighted by atomic mass is 9.48. The summed E-state index contributed by atoms with van der Waals surface area (Å²) in [6.07, 6.45) is 18.2. The van der Waals surface area contributed by atoms with Crippen molar-refractivity contribution in [1.29, 1.82) is 0 Å². The van der Waals surface area contributed by atoms with E-state index in [1.807, 2.05) is 0 Å². The number of hydrogen-bond acceptors (Lipinski definition) is 2. The van der Waals surface area contributed by atoms with Crippen molar-refractivity contribution >= 4 is 34.1 Å². The highest BCUT2D eigenvalue weighted by Gasteiger charge is 2.51. The van der Waals surface area contributed by atoms with E-state index in [0.29, 0.717) is 5.41 Å². The molecule has 7 aromatic rings. The van der Waals surface area contributed by atoms with Gasteiger partial charge < -0.3 is 9.80 Å². The van der Waals surface area contributed by atoms with Crippen molar-refractivity contribution in [3.8, 4) is 11.1 Å². The van der Waals surface area contributed by atoms with E-state index < -0.39 is 0 Å². The quantitative estimate of drug-likeness (QED) is 0.150. The molecule has 3 atom stereocenters. The fourth-order valence-electron chi connectivity index (χ4n) is 16.1. The lowest BCUT2D eigenvalue weighted by molar-refractivity contribution is -0.00518. The van der Waals surface area contributed by atoms with Crippen LogP contribution >= 0.6 is 0 Å². The second-order valence-corrected chi connectivity index (χ2v) is 23.5. The number of para-hydroxylation sites is 1. The molecule has 7 aromatic carbocycles. The van der Waals surface area contributed by atoms with Crippen LogP contribution in [0.3, 0.4) is 0 Å². The molecule has 6 saturated carbocycles. The Hall–Kier alpha value is -5.86. The van der Waals surface area contributed by atoms with E-state index in [0.717, 1.165) is 61.2 Å². The topological polar surface area (TPSA) is 6.48 Å². The minimum Gasteiger partial charge on any atom is -0.310 e. The average Bonchev–Trinajstić information content (AvgIpc) is 4.06. The van der Waals surface area contributed by atoms with Gasteiger partial charge in [-0.2, -0.15) is 0 Å². The summed E-state index contributed by atoms with van der Waals surface area (Å²) in [7, 11) is 0. The molecule has 2 nitrogen and oxygen atoms in total. The highest BCUT2D eigenvalue weighted by Crippen LogP contribution is 2.61. The number of anilines is 6. The number of benzene rings is 7. The Labute approximate surface area is 405 Å². The van der Waals surface area contributed by atoms with Crippen LogP contribution < -0.4 is 9.80 Å². The molecule has 68 heavy (non-hydrogen) atoms. The standard InChI is InChI=1S/C66H66N2/c1-65(2)61-11-7-6-10-58(61)59-31-30-57(39-62(59)65)68(56-28-24-53(25-29-56)66-40-46-32-47(41-66)34-48(33-46)42-66)64-38-44-13-18-50-17-12-43(14-19-51(64)20-15-44)37-63(50)67(54-8-4-3-5-9-54)55-26-22-49(23-27-55)60-36-45-16-21-52(60)35-45/h3-12,15,17,20,22-31,37-39,45-48,52,60H,13-14,16,18-19,21,32-36,40-42H2,1-2H3. The predicted molar refractivity (Wildman–Crippen MR) is 283 cm³/mol. The maximum absolute atomic E-state index is 2.64. The second-order valence-electron chi connectivity index (χ2n) is 23.5. The van der Waals surface area contributed by atoms with E-state index in [1.54, 1.807) is 11.1 Å². The molecule has 11 aliphatic rings. The van der Waals surface area contributed by atoms with Crippen molar-refractivity contribution in [3.63, 3.8) is 0 Å². The Morgan fingerprint density at radius 3 is 1.60 bits per heavy atom. The van der Waals surface area contributed by atoms with Gasteiger partial charge in [-0.25, -0.2) is 0 Å². The Morgan fingerprint density at radius 1 is 0.426 bits per heavy atom. The van der Waals surface area contributed by atoms with Gasteiger partial charge in [-0.1, -0.05) is 117 Å². The van der Waals surface area contributed by atoms with Crippen LogP contribution in [0, 0.1) is 29.6 Å². The van der Waals surface area contributed by atoms with Crippen molar-refractivity contribution < 1.29 is 0 Å². The first-order valence-corrected chi connectivity index (χ1v) is 26.7. The molecule has 0 heterocycles. The maximum Gasteiger partial charge on any atom is 0.0496 e. The molecule has 3 unspecified atom stereocenters. The van der Waals surface area contributed by atoms with E-state index in [-0.39, 0.29) is 5.41 Å². The number of nitrogens with zero attached hydrogens (tertiary/aromatic N) is 2. The van der Waals surface area contributed by atoms with Crippen LogP contribution in [0.2, 0.25) is 0 Å². The number of fused-ring (bicyclic) bond motifs is 5. The van der Waals surface area contributed by atoms with E-state index in [4.69, 9.17) is 0 Å². The van der Waals surface area contributed by atoms with Crippen molar-refractivity contribution in [2.45, 2.75) is 120 Å². The Balaban J connectivity index is 0.839. The van der Waals surface area contributed by atoms with Crippen LogP contribution in [0.1, 0.15) is 128 Å². The van der Waals surface area contributed by atoms with E-state index in [1.165, 1.54) is 143 Å². The van der Waals surface area contributed by atoms with Gasteiger partial charge in [-0.05, 0) is 241 Å². The minimum atomic E-state index is -0.0769. The van der Waals surface area contributed by atoms with Gasteiger partial charge in [0.05, 0.1) is 0 Å². The molecule has 0 amide bonds. The molecule has 0 aliphatic heterocycles. The normalized spacial score (nSPS) is 26.6. The van der Waals surface area contributed by atoms with Crippen molar-refractivity contribution in [2.75, 3.05) is 9.80 Å². The smallest absolute Gasteiger partial charge is 0.0496 e. The van der Waals surface area contributed by atoms with Crippen molar-refractivity contribution in [2.24, 2.45) is 29.6 Å². The minimum absolute atomic E-state index is 0.0769. The summed E-state index contributed by atoms with van der Waals surface area (Å²) in [6, 6.07) is 62.3. The Morgan fingerprint density at radius 2 is 0.985 bits per heavy atom. The van der Waals surface area contributed by atoms with Crippen LogP contribution in [0.25, 0.3) is 11.1 Å². The molecule has 0 radical (unpaired) electrons. The fourth-order valence-corrected chi connectivity index (χ4v) is 16.1. The van der Waals surface area contributed by atoms with Crippen LogP contribution in [-0.4, -0.2) is 0 Å². The number of aryl methyl sites for hydroxylation is 4. The summed E-state index contributed by atoms with van der Waals surface area (Å²) in [5, 5.41) is 0. The lowest BCUT2D eigenvalue weighted by Crippen LogP contribution is -2.48. The van der Waals surface area contributed by atoms with Crippen LogP contribution in [-0.2, 0) is 36.5 Å². The van der Waals surface area contributed by atoms with Gasteiger partial charge in [0.2, 0.25) is 0 Å². The molecule has 6 fully saturated rings. The first-order chi connectivity index (χ1) is 33.3. The fraction of sp³-hybridized carbons (Fsp3) is 0.364. The summed E-state index contributed by atoms with van der Waals surface area (Å²) in [5.41, 5.74) is 22.3. The maximum atomic E-state index is 2.64. The molecule has 18 rings (SSSR count). The molecular formula is C66H66N2. The molecule has 0 spiro atoms. The van der Waals surface area contributed by atoms with Gasteiger partial charge in [0, 0.05) is 39.5 Å². The zero-order valence-corrected chi connectivity index (χ0v) is 40.3. The Bertz CT molecular complexity index is 3010. The van der Waals surface area contributed by atoms with Gasteiger partial charge >= 0.3 is 0 Å². The Kier molecular flexibility index (Phi) is 9.59. The molecule has 2 heteroatoms. The largest absolute Gasteiger partial charge is 0.310 e. The summed E-state index contributed by atoms with van der Waals surface area (Å²) in [5.74, 6) is 5.38. The third kappa shape index (κ3) is 6.78. The first-order valence-electron chi connectivity index (χ1n) is 26.7. The summed E-state index contributed by atoms with van der Waals surface area (Å²) < 4.78 is 0. The van der Waals surface area contributed by atoms with E-state index in [2.05, 4.69) is 181 Å². The second kappa shape index (κ2) is 15.8. The van der Waals surface area contributed by atoms with E-state index in [9.17, 15) is 0 Å². The molecule has 10 bridgehead atoms. The van der Waals surface area contributed by atoms with Crippen LogP contribution in [0.15, 0.2) is 158 Å².